The van der Waals surface area contributed by atoms with Gasteiger partial charge in [0.25, 0.3) is 0 Å². The molecule has 0 atom stereocenters. The fourth-order valence-electron chi connectivity index (χ4n) is 1.26. The summed E-state index contributed by atoms with van der Waals surface area (Å²) in [6, 6.07) is 8.22. The van der Waals surface area contributed by atoms with Crippen molar-refractivity contribution in [3.8, 4) is 5.75 Å². The van der Waals surface area contributed by atoms with Crippen molar-refractivity contribution in [2.24, 2.45) is 5.73 Å². The summed E-state index contributed by atoms with van der Waals surface area (Å²) in [7, 11) is 0. The van der Waals surface area contributed by atoms with Crippen molar-refractivity contribution in [1.82, 2.24) is 0 Å². The zero-order chi connectivity index (χ0) is 11.1. The third-order valence-corrected chi connectivity index (χ3v) is 2.20. The van der Waals surface area contributed by atoms with Gasteiger partial charge in [0.1, 0.15) is 12.4 Å². The first-order chi connectivity index (χ1) is 7.24. The summed E-state index contributed by atoms with van der Waals surface area (Å²) >= 11 is 0. The highest BCUT2D eigenvalue weighted by Crippen LogP contribution is 2.18. The summed E-state index contributed by atoms with van der Waals surface area (Å²) in [5.74, 6) is 1.47. The van der Waals surface area contributed by atoms with Crippen LogP contribution in [-0.2, 0) is 0 Å². The molecule has 0 aliphatic rings. The fourth-order valence-corrected chi connectivity index (χ4v) is 1.26. The number of hydrogen-bond acceptors (Lipinski definition) is 2. The van der Waals surface area contributed by atoms with Crippen LogP contribution in [0.1, 0.15) is 25.3 Å². The minimum absolute atomic E-state index is 0.565. The van der Waals surface area contributed by atoms with Crippen molar-refractivity contribution >= 4 is 0 Å². The van der Waals surface area contributed by atoms with E-state index in [9.17, 15) is 0 Å². The molecule has 0 unspecified atom stereocenters. The van der Waals surface area contributed by atoms with Gasteiger partial charge in [-0.2, -0.15) is 0 Å². The average Bonchev–Trinajstić information content (AvgIpc) is 2.25. The average molecular weight is 205 g/mol. The maximum atomic E-state index is 5.50. The highest BCUT2D eigenvalue weighted by Gasteiger charge is 1.98. The van der Waals surface area contributed by atoms with Gasteiger partial charge in [-0.1, -0.05) is 38.1 Å². The SMILES string of the molecule is CC(C)c1ccc(OCC=CCN)cc1. The third kappa shape index (κ3) is 4.17. The molecule has 0 spiro atoms. The van der Waals surface area contributed by atoms with E-state index in [1.807, 2.05) is 24.3 Å². The highest BCUT2D eigenvalue weighted by atomic mass is 16.5. The van der Waals surface area contributed by atoms with Crippen molar-refractivity contribution in [3.05, 3.63) is 42.0 Å². The lowest BCUT2D eigenvalue weighted by molar-refractivity contribution is 0.362. The Morgan fingerprint density at radius 2 is 1.87 bits per heavy atom. The molecule has 0 aromatic heterocycles. The van der Waals surface area contributed by atoms with Gasteiger partial charge >= 0.3 is 0 Å². The van der Waals surface area contributed by atoms with Crippen molar-refractivity contribution in [2.45, 2.75) is 19.8 Å². The van der Waals surface area contributed by atoms with E-state index in [0.717, 1.165) is 5.75 Å². The van der Waals surface area contributed by atoms with E-state index in [4.69, 9.17) is 10.5 Å². The lowest BCUT2D eigenvalue weighted by Crippen LogP contribution is -1.97. The number of rotatable bonds is 5. The standard InChI is InChI=1S/C13H19NO/c1-11(2)12-5-7-13(8-6-12)15-10-4-3-9-14/h3-8,11H,9-10,14H2,1-2H3. The normalized spacial score (nSPS) is 11.2. The summed E-state index contributed by atoms with van der Waals surface area (Å²) < 4.78 is 5.50. The Morgan fingerprint density at radius 1 is 1.20 bits per heavy atom. The van der Waals surface area contributed by atoms with Gasteiger partial charge in [-0.3, -0.25) is 0 Å². The van der Waals surface area contributed by atoms with E-state index < -0.39 is 0 Å². The topological polar surface area (TPSA) is 35.2 Å². The first-order valence-corrected chi connectivity index (χ1v) is 5.32. The van der Waals surface area contributed by atoms with Gasteiger partial charge in [-0.15, -0.1) is 0 Å². The third-order valence-electron chi connectivity index (χ3n) is 2.20. The summed E-state index contributed by atoms with van der Waals surface area (Å²) in [6.07, 6.45) is 3.82. The number of hydrogen-bond donors (Lipinski definition) is 1. The molecule has 0 amide bonds. The molecule has 1 aromatic carbocycles. The van der Waals surface area contributed by atoms with Crippen molar-refractivity contribution < 1.29 is 4.74 Å². The molecule has 2 heteroatoms. The van der Waals surface area contributed by atoms with Crippen LogP contribution < -0.4 is 10.5 Å². The highest BCUT2D eigenvalue weighted by molar-refractivity contribution is 5.28. The lowest BCUT2D eigenvalue weighted by Gasteiger charge is -2.07. The predicted molar refractivity (Wildman–Crippen MR) is 64.2 cm³/mol. The number of benzene rings is 1. The zero-order valence-electron chi connectivity index (χ0n) is 9.44. The quantitative estimate of drug-likeness (QED) is 0.750. The van der Waals surface area contributed by atoms with Crippen LogP contribution in [-0.4, -0.2) is 13.2 Å². The van der Waals surface area contributed by atoms with Crippen LogP contribution in [0.3, 0.4) is 0 Å². The maximum Gasteiger partial charge on any atom is 0.119 e. The smallest absolute Gasteiger partial charge is 0.119 e. The lowest BCUT2D eigenvalue weighted by atomic mass is 10.0. The fraction of sp³-hybridized carbons (Fsp3) is 0.385. The Morgan fingerprint density at radius 3 is 2.40 bits per heavy atom. The van der Waals surface area contributed by atoms with E-state index >= 15 is 0 Å². The second-order valence-electron chi connectivity index (χ2n) is 3.74. The molecule has 2 N–H and O–H groups in total. The molecule has 2 nitrogen and oxygen atoms in total. The van der Waals surface area contributed by atoms with Crippen LogP contribution in [0.4, 0.5) is 0 Å². The van der Waals surface area contributed by atoms with E-state index in [2.05, 4.69) is 26.0 Å². The minimum Gasteiger partial charge on any atom is -0.490 e. The van der Waals surface area contributed by atoms with Gasteiger partial charge in [0, 0.05) is 6.54 Å². The van der Waals surface area contributed by atoms with E-state index in [1.165, 1.54) is 5.56 Å². The summed E-state index contributed by atoms with van der Waals surface area (Å²) in [4.78, 5) is 0. The second kappa shape index (κ2) is 6.25. The van der Waals surface area contributed by atoms with Gasteiger partial charge in [0.15, 0.2) is 0 Å². The van der Waals surface area contributed by atoms with Crippen LogP contribution >= 0.6 is 0 Å². The molecule has 82 valence electrons. The zero-order valence-corrected chi connectivity index (χ0v) is 9.44. The summed E-state index contributed by atoms with van der Waals surface area (Å²) in [5.41, 5.74) is 6.65. The molecule has 0 aliphatic carbocycles. The first kappa shape index (κ1) is 11.8. The van der Waals surface area contributed by atoms with Crippen LogP contribution in [0.2, 0.25) is 0 Å². The molecule has 0 fully saturated rings. The molecule has 1 rings (SSSR count). The van der Waals surface area contributed by atoms with E-state index in [0.29, 0.717) is 19.1 Å². The van der Waals surface area contributed by atoms with Gasteiger partial charge in [0.2, 0.25) is 0 Å². The number of nitrogens with two attached hydrogens (primary N) is 1. The molecule has 0 aliphatic heterocycles. The minimum atomic E-state index is 0.565. The van der Waals surface area contributed by atoms with Gasteiger partial charge in [-0.05, 0) is 23.6 Å². The largest absolute Gasteiger partial charge is 0.490 e. The molecule has 0 saturated carbocycles. The molecule has 0 heterocycles. The molecule has 0 saturated heterocycles. The predicted octanol–water partition coefficient (Wildman–Crippen LogP) is 2.70. The first-order valence-electron chi connectivity index (χ1n) is 5.32. The van der Waals surface area contributed by atoms with Crippen LogP contribution in [0.25, 0.3) is 0 Å². The maximum absolute atomic E-state index is 5.50. The number of ether oxygens (including phenoxy) is 1. The Hall–Kier alpha value is -1.28. The van der Waals surface area contributed by atoms with E-state index in [1.54, 1.807) is 0 Å². The van der Waals surface area contributed by atoms with Crippen molar-refractivity contribution in [3.63, 3.8) is 0 Å². The van der Waals surface area contributed by atoms with E-state index in [-0.39, 0.29) is 0 Å². The molecule has 1 aromatic rings. The molecular formula is C13H19NO. The monoisotopic (exact) mass is 205 g/mol. The summed E-state index contributed by atoms with van der Waals surface area (Å²) in [6.45, 7) is 5.51. The Balaban J connectivity index is 2.46. The van der Waals surface area contributed by atoms with Gasteiger partial charge in [0.05, 0.1) is 0 Å². The van der Waals surface area contributed by atoms with Crippen LogP contribution in [0, 0.1) is 0 Å². The molecular weight excluding hydrogens is 186 g/mol. The van der Waals surface area contributed by atoms with Gasteiger partial charge in [-0.25, -0.2) is 0 Å². The van der Waals surface area contributed by atoms with Gasteiger partial charge < -0.3 is 10.5 Å². The van der Waals surface area contributed by atoms with Crippen molar-refractivity contribution in [1.29, 1.82) is 0 Å². The summed E-state index contributed by atoms with van der Waals surface area (Å²) in [5, 5.41) is 0. The van der Waals surface area contributed by atoms with Crippen LogP contribution in [0.5, 0.6) is 5.75 Å². The Bertz CT molecular complexity index is 301. The molecule has 0 bridgehead atoms. The Kier molecular flexibility index (Phi) is 4.91. The van der Waals surface area contributed by atoms with Crippen molar-refractivity contribution in [2.75, 3.05) is 13.2 Å². The Labute approximate surface area is 91.7 Å². The molecule has 15 heavy (non-hydrogen) atoms. The van der Waals surface area contributed by atoms with Crippen LogP contribution in [0.15, 0.2) is 36.4 Å². The molecule has 0 radical (unpaired) electrons. The second-order valence-corrected chi connectivity index (χ2v) is 3.74.